The Balaban J connectivity index is 2.89. The molecule has 4 heteroatoms. The van der Waals surface area contributed by atoms with Gasteiger partial charge in [-0.25, -0.2) is 4.39 Å². The highest BCUT2D eigenvalue weighted by Crippen LogP contribution is 2.11. The van der Waals surface area contributed by atoms with Crippen molar-refractivity contribution in [2.45, 2.75) is 25.9 Å². The molecule has 0 saturated carbocycles. The van der Waals surface area contributed by atoms with E-state index >= 15 is 0 Å². The standard InChI is InChI=1S/C13H12FNO2/c1-2-4-11(16)12(14)13(17)10-6-3-5-9(7-10)8-15/h3,5-7,12H,2,4H2,1H3. The Morgan fingerprint density at radius 3 is 2.76 bits per heavy atom. The van der Waals surface area contributed by atoms with E-state index in [2.05, 4.69) is 0 Å². The number of rotatable bonds is 5. The first-order chi connectivity index (χ1) is 8.10. The van der Waals surface area contributed by atoms with Gasteiger partial charge in [0.05, 0.1) is 11.6 Å². The van der Waals surface area contributed by atoms with Crippen LogP contribution in [-0.4, -0.2) is 17.7 Å². The molecule has 88 valence electrons. The SMILES string of the molecule is CCCC(=O)C(F)C(=O)c1cccc(C#N)c1. The second-order valence-electron chi connectivity index (χ2n) is 3.64. The van der Waals surface area contributed by atoms with E-state index in [1.807, 2.05) is 6.07 Å². The third-order valence-electron chi connectivity index (χ3n) is 2.29. The van der Waals surface area contributed by atoms with Gasteiger partial charge in [-0.15, -0.1) is 0 Å². The quantitative estimate of drug-likeness (QED) is 0.579. The molecule has 0 bridgehead atoms. The van der Waals surface area contributed by atoms with Crippen molar-refractivity contribution in [2.24, 2.45) is 0 Å². The number of carbonyl (C=O) groups is 2. The zero-order valence-corrected chi connectivity index (χ0v) is 9.44. The van der Waals surface area contributed by atoms with E-state index in [1.165, 1.54) is 24.3 Å². The second kappa shape index (κ2) is 5.90. The maximum atomic E-state index is 13.5. The van der Waals surface area contributed by atoms with Crippen LogP contribution in [0.4, 0.5) is 4.39 Å². The lowest BCUT2D eigenvalue weighted by Gasteiger charge is -2.05. The van der Waals surface area contributed by atoms with Crippen LogP contribution in [-0.2, 0) is 4.79 Å². The topological polar surface area (TPSA) is 57.9 Å². The summed E-state index contributed by atoms with van der Waals surface area (Å²) in [5.41, 5.74) is 0.326. The molecule has 0 amide bonds. The molecule has 0 aliphatic rings. The smallest absolute Gasteiger partial charge is 0.220 e. The van der Waals surface area contributed by atoms with E-state index in [0.717, 1.165) is 0 Å². The van der Waals surface area contributed by atoms with Crippen molar-refractivity contribution in [3.63, 3.8) is 0 Å². The van der Waals surface area contributed by atoms with Crippen LogP contribution < -0.4 is 0 Å². The molecule has 0 spiro atoms. The first-order valence-corrected chi connectivity index (χ1v) is 5.31. The number of halogens is 1. The highest BCUT2D eigenvalue weighted by atomic mass is 19.1. The van der Waals surface area contributed by atoms with Gasteiger partial charge in [-0.3, -0.25) is 9.59 Å². The Bertz CT molecular complexity index is 477. The molecule has 1 aromatic carbocycles. The Kier molecular flexibility index (Phi) is 4.53. The zero-order valence-electron chi connectivity index (χ0n) is 9.44. The molecule has 0 aliphatic carbocycles. The average molecular weight is 233 g/mol. The molecule has 3 nitrogen and oxygen atoms in total. The summed E-state index contributed by atoms with van der Waals surface area (Å²) in [6.07, 6.45) is -1.57. The normalized spacial score (nSPS) is 11.6. The number of nitriles is 1. The third-order valence-corrected chi connectivity index (χ3v) is 2.29. The van der Waals surface area contributed by atoms with E-state index < -0.39 is 17.7 Å². The Morgan fingerprint density at radius 2 is 2.18 bits per heavy atom. The molecule has 0 heterocycles. The molecule has 0 radical (unpaired) electrons. The van der Waals surface area contributed by atoms with Gasteiger partial charge in [0.25, 0.3) is 0 Å². The monoisotopic (exact) mass is 233 g/mol. The van der Waals surface area contributed by atoms with Crippen molar-refractivity contribution in [3.05, 3.63) is 35.4 Å². The molecular formula is C13H12FNO2. The summed E-state index contributed by atoms with van der Waals surface area (Å²) in [4.78, 5) is 22.9. The highest BCUT2D eigenvalue weighted by molar-refractivity contribution is 6.13. The van der Waals surface area contributed by atoms with E-state index in [1.54, 1.807) is 6.92 Å². The number of ketones is 2. The number of alkyl halides is 1. The number of nitrogens with zero attached hydrogens (tertiary/aromatic N) is 1. The van der Waals surface area contributed by atoms with Crippen molar-refractivity contribution >= 4 is 11.6 Å². The summed E-state index contributed by atoms with van der Waals surface area (Å²) in [5.74, 6) is -1.58. The van der Waals surface area contributed by atoms with E-state index in [-0.39, 0.29) is 17.5 Å². The van der Waals surface area contributed by atoms with Crippen LogP contribution in [0.25, 0.3) is 0 Å². The van der Waals surface area contributed by atoms with E-state index in [9.17, 15) is 14.0 Å². The molecule has 17 heavy (non-hydrogen) atoms. The summed E-state index contributed by atoms with van der Waals surface area (Å²) < 4.78 is 13.5. The van der Waals surface area contributed by atoms with Gasteiger partial charge in [-0.2, -0.15) is 5.26 Å². The number of hydrogen-bond acceptors (Lipinski definition) is 3. The Labute approximate surface area is 98.9 Å². The molecule has 0 aromatic heterocycles. The van der Waals surface area contributed by atoms with Gasteiger partial charge in [0.1, 0.15) is 0 Å². The molecule has 1 aromatic rings. The van der Waals surface area contributed by atoms with Crippen LogP contribution in [0.1, 0.15) is 35.7 Å². The second-order valence-corrected chi connectivity index (χ2v) is 3.64. The lowest BCUT2D eigenvalue weighted by atomic mass is 10.0. The zero-order chi connectivity index (χ0) is 12.8. The predicted octanol–water partition coefficient (Wildman–Crippen LogP) is 2.45. The Hall–Kier alpha value is -2.02. The lowest BCUT2D eigenvalue weighted by molar-refractivity contribution is -0.122. The number of carbonyl (C=O) groups excluding carboxylic acids is 2. The minimum atomic E-state index is -2.12. The lowest BCUT2D eigenvalue weighted by Crippen LogP contribution is -2.25. The predicted molar refractivity (Wildman–Crippen MR) is 60.3 cm³/mol. The fourth-order valence-corrected chi connectivity index (χ4v) is 1.41. The largest absolute Gasteiger partial charge is 0.296 e. The van der Waals surface area contributed by atoms with Crippen molar-refractivity contribution in [3.8, 4) is 6.07 Å². The highest BCUT2D eigenvalue weighted by Gasteiger charge is 2.26. The minimum Gasteiger partial charge on any atom is -0.296 e. The fraction of sp³-hybridized carbons (Fsp3) is 0.308. The maximum Gasteiger partial charge on any atom is 0.220 e. The summed E-state index contributed by atoms with van der Waals surface area (Å²) in [6, 6.07) is 7.54. The molecular weight excluding hydrogens is 221 g/mol. The van der Waals surface area contributed by atoms with Crippen molar-refractivity contribution < 1.29 is 14.0 Å². The van der Waals surface area contributed by atoms with Gasteiger partial charge in [0.15, 0.2) is 5.78 Å². The van der Waals surface area contributed by atoms with Gasteiger partial charge in [-0.05, 0) is 18.6 Å². The summed E-state index contributed by atoms with van der Waals surface area (Å²) in [6.45, 7) is 1.74. The summed E-state index contributed by atoms with van der Waals surface area (Å²) in [5, 5.41) is 8.65. The van der Waals surface area contributed by atoms with Gasteiger partial charge < -0.3 is 0 Å². The van der Waals surface area contributed by atoms with Crippen molar-refractivity contribution in [2.75, 3.05) is 0 Å². The summed E-state index contributed by atoms with van der Waals surface area (Å²) in [7, 11) is 0. The molecule has 0 aliphatic heterocycles. The third kappa shape index (κ3) is 3.22. The number of hydrogen-bond donors (Lipinski definition) is 0. The average Bonchev–Trinajstić information content (AvgIpc) is 2.37. The Morgan fingerprint density at radius 1 is 1.47 bits per heavy atom. The fourth-order valence-electron chi connectivity index (χ4n) is 1.41. The van der Waals surface area contributed by atoms with Crippen LogP contribution in [0.5, 0.6) is 0 Å². The van der Waals surface area contributed by atoms with Crippen LogP contribution in [0.3, 0.4) is 0 Å². The molecule has 1 atom stereocenters. The van der Waals surface area contributed by atoms with E-state index in [4.69, 9.17) is 5.26 Å². The van der Waals surface area contributed by atoms with Crippen molar-refractivity contribution in [1.29, 1.82) is 5.26 Å². The van der Waals surface area contributed by atoms with Gasteiger partial charge in [0.2, 0.25) is 12.0 Å². The van der Waals surface area contributed by atoms with Gasteiger partial charge in [0, 0.05) is 12.0 Å². The van der Waals surface area contributed by atoms with Crippen LogP contribution >= 0.6 is 0 Å². The van der Waals surface area contributed by atoms with Crippen LogP contribution in [0, 0.1) is 11.3 Å². The van der Waals surface area contributed by atoms with Gasteiger partial charge in [-0.1, -0.05) is 19.1 Å². The number of Topliss-reactive ketones (excluding diaryl/α,β-unsaturated/α-hetero) is 2. The van der Waals surface area contributed by atoms with Crippen molar-refractivity contribution in [1.82, 2.24) is 0 Å². The number of benzene rings is 1. The minimum absolute atomic E-state index is 0.0465. The molecule has 1 rings (SSSR count). The van der Waals surface area contributed by atoms with Crippen LogP contribution in [0.15, 0.2) is 24.3 Å². The summed E-state index contributed by atoms with van der Waals surface area (Å²) >= 11 is 0. The maximum absolute atomic E-state index is 13.5. The first kappa shape index (κ1) is 13.0. The molecule has 0 N–H and O–H groups in total. The molecule has 1 unspecified atom stereocenters. The van der Waals surface area contributed by atoms with Gasteiger partial charge >= 0.3 is 0 Å². The van der Waals surface area contributed by atoms with E-state index in [0.29, 0.717) is 6.42 Å². The molecule has 0 fully saturated rings. The van der Waals surface area contributed by atoms with Crippen LogP contribution in [0.2, 0.25) is 0 Å². The molecule has 0 saturated heterocycles. The first-order valence-electron chi connectivity index (χ1n) is 5.31.